The predicted molar refractivity (Wildman–Crippen MR) is 85.2 cm³/mol. The number of thioether (sulfide) groups is 1. The molecule has 0 aromatic heterocycles. The van der Waals surface area contributed by atoms with Crippen LogP contribution in [0.15, 0.2) is 53.4 Å². The topological polar surface area (TPSA) is 29.1 Å². The molecule has 2 aromatic rings. The maximum Gasteiger partial charge on any atom is 0.256 e. The molecule has 0 aliphatic heterocycles. The maximum absolute atomic E-state index is 12.3. The lowest BCUT2D eigenvalue weighted by molar-refractivity contribution is 0.102. The van der Waals surface area contributed by atoms with Crippen molar-refractivity contribution in [2.75, 3.05) is 11.6 Å². The number of carbonyl (C=O) groups is 1. The minimum absolute atomic E-state index is 0.0726. The molecule has 0 saturated heterocycles. The number of amides is 1. The Bertz CT molecular complexity index is 586. The standard InChI is InChI=1S/C15H14BrNOS/c1-19-14-9-5-4-8-13(14)17-15(18)12-7-3-2-6-11(12)10-16/h2-9H,10H2,1H3,(H,17,18). The summed E-state index contributed by atoms with van der Waals surface area (Å²) in [5, 5.41) is 3.64. The predicted octanol–water partition coefficient (Wildman–Crippen LogP) is 4.56. The Balaban J connectivity index is 2.26. The molecule has 0 atom stereocenters. The van der Waals surface area contributed by atoms with Crippen LogP contribution >= 0.6 is 27.7 Å². The van der Waals surface area contributed by atoms with E-state index in [9.17, 15) is 4.79 Å². The number of halogens is 1. The van der Waals surface area contributed by atoms with Gasteiger partial charge in [-0.05, 0) is 30.0 Å². The molecule has 1 N–H and O–H groups in total. The molecule has 98 valence electrons. The number of hydrogen-bond acceptors (Lipinski definition) is 2. The second-order valence-electron chi connectivity index (χ2n) is 3.95. The van der Waals surface area contributed by atoms with Crippen molar-refractivity contribution in [3.8, 4) is 0 Å². The first-order valence-electron chi connectivity index (χ1n) is 5.84. The Kier molecular flexibility index (Phi) is 5.05. The summed E-state index contributed by atoms with van der Waals surface area (Å²) >= 11 is 5.02. The summed E-state index contributed by atoms with van der Waals surface area (Å²) in [5.74, 6) is -0.0726. The molecule has 0 radical (unpaired) electrons. The highest BCUT2D eigenvalue weighted by atomic mass is 79.9. The average Bonchev–Trinajstić information content (AvgIpc) is 2.47. The van der Waals surface area contributed by atoms with Gasteiger partial charge in [-0.2, -0.15) is 0 Å². The largest absolute Gasteiger partial charge is 0.321 e. The van der Waals surface area contributed by atoms with Crippen molar-refractivity contribution in [3.63, 3.8) is 0 Å². The lowest BCUT2D eigenvalue weighted by atomic mass is 10.1. The van der Waals surface area contributed by atoms with E-state index in [1.807, 2.05) is 54.8 Å². The second kappa shape index (κ2) is 6.78. The molecular formula is C15H14BrNOS. The summed E-state index contributed by atoms with van der Waals surface area (Å²) in [4.78, 5) is 13.4. The number of benzene rings is 2. The van der Waals surface area contributed by atoms with Gasteiger partial charge in [0.15, 0.2) is 0 Å². The van der Waals surface area contributed by atoms with E-state index in [1.165, 1.54) is 0 Å². The fourth-order valence-electron chi connectivity index (χ4n) is 1.80. The fourth-order valence-corrected chi connectivity index (χ4v) is 2.84. The van der Waals surface area contributed by atoms with Crippen LogP contribution in [-0.4, -0.2) is 12.2 Å². The number of para-hydroxylation sites is 1. The van der Waals surface area contributed by atoms with E-state index in [1.54, 1.807) is 11.8 Å². The molecular weight excluding hydrogens is 322 g/mol. The highest BCUT2D eigenvalue weighted by Crippen LogP contribution is 2.25. The van der Waals surface area contributed by atoms with E-state index >= 15 is 0 Å². The molecule has 0 fully saturated rings. The van der Waals surface area contributed by atoms with Crippen LogP contribution in [0.25, 0.3) is 0 Å². The van der Waals surface area contributed by atoms with Crippen molar-refractivity contribution >= 4 is 39.3 Å². The highest BCUT2D eigenvalue weighted by molar-refractivity contribution is 9.08. The van der Waals surface area contributed by atoms with Gasteiger partial charge in [0, 0.05) is 15.8 Å². The van der Waals surface area contributed by atoms with Crippen LogP contribution < -0.4 is 5.32 Å². The van der Waals surface area contributed by atoms with Gasteiger partial charge in [-0.3, -0.25) is 4.79 Å². The number of alkyl halides is 1. The Labute approximate surface area is 125 Å². The van der Waals surface area contributed by atoms with Crippen molar-refractivity contribution in [1.82, 2.24) is 0 Å². The van der Waals surface area contributed by atoms with Gasteiger partial charge >= 0.3 is 0 Å². The molecule has 0 aliphatic carbocycles. The number of hydrogen-bond donors (Lipinski definition) is 1. The van der Waals surface area contributed by atoms with Crippen molar-refractivity contribution < 1.29 is 4.79 Å². The quantitative estimate of drug-likeness (QED) is 0.655. The molecule has 4 heteroatoms. The van der Waals surface area contributed by atoms with Crippen LogP contribution in [-0.2, 0) is 5.33 Å². The third kappa shape index (κ3) is 3.39. The number of carbonyl (C=O) groups excluding carboxylic acids is 1. The molecule has 2 aromatic carbocycles. The van der Waals surface area contributed by atoms with Gasteiger partial charge < -0.3 is 5.32 Å². The molecule has 0 bridgehead atoms. The summed E-state index contributed by atoms with van der Waals surface area (Å²) in [6.07, 6.45) is 2.00. The van der Waals surface area contributed by atoms with Crippen LogP contribution in [0.4, 0.5) is 5.69 Å². The minimum Gasteiger partial charge on any atom is -0.321 e. The summed E-state index contributed by atoms with van der Waals surface area (Å²) in [7, 11) is 0. The first-order valence-corrected chi connectivity index (χ1v) is 8.19. The molecule has 2 rings (SSSR count). The SMILES string of the molecule is CSc1ccccc1NC(=O)c1ccccc1CBr. The average molecular weight is 336 g/mol. The van der Waals surface area contributed by atoms with Crippen molar-refractivity contribution in [2.45, 2.75) is 10.2 Å². The van der Waals surface area contributed by atoms with Gasteiger partial charge in [-0.1, -0.05) is 46.3 Å². The summed E-state index contributed by atoms with van der Waals surface area (Å²) in [6.45, 7) is 0. The molecule has 0 saturated carbocycles. The van der Waals surface area contributed by atoms with Crippen molar-refractivity contribution in [2.24, 2.45) is 0 Å². The van der Waals surface area contributed by atoms with Gasteiger partial charge in [-0.15, -0.1) is 11.8 Å². The first-order chi connectivity index (χ1) is 9.26. The van der Waals surface area contributed by atoms with E-state index in [2.05, 4.69) is 21.2 Å². The zero-order valence-corrected chi connectivity index (χ0v) is 12.9. The van der Waals surface area contributed by atoms with Gasteiger partial charge in [0.05, 0.1) is 5.69 Å². The first kappa shape index (κ1) is 14.2. The van der Waals surface area contributed by atoms with Crippen LogP contribution in [0.5, 0.6) is 0 Å². The van der Waals surface area contributed by atoms with Crippen LogP contribution in [0.2, 0.25) is 0 Å². The van der Waals surface area contributed by atoms with Crippen molar-refractivity contribution in [3.05, 3.63) is 59.7 Å². The number of nitrogens with one attached hydrogen (secondary N) is 1. The fraction of sp³-hybridized carbons (Fsp3) is 0.133. The third-order valence-electron chi connectivity index (χ3n) is 2.76. The van der Waals surface area contributed by atoms with Gasteiger partial charge in [0.1, 0.15) is 0 Å². The molecule has 0 unspecified atom stereocenters. The molecule has 2 nitrogen and oxygen atoms in total. The third-order valence-corrected chi connectivity index (χ3v) is 4.16. The van der Waals surface area contributed by atoms with E-state index < -0.39 is 0 Å². The number of rotatable bonds is 4. The van der Waals surface area contributed by atoms with Gasteiger partial charge in [0.2, 0.25) is 0 Å². The molecule has 0 spiro atoms. The van der Waals surface area contributed by atoms with Gasteiger partial charge in [-0.25, -0.2) is 0 Å². The highest BCUT2D eigenvalue weighted by Gasteiger charge is 2.11. The summed E-state index contributed by atoms with van der Waals surface area (Å²) in [6, 6.07) is 15.4. The van der Waals surface area contributed by atoms with E-state index in [4.69, 9.17) is 0 Å². The monoisotopic (exact) mass is 335 g/mol. The lowest BCUT2D eigenvalue weighted by Crippen LogP contribution is -2.14. The summed E-state index contributed by atoms with van der Waals surface area (Å²) < 4.78 is 0. The van der Waals surface area contributed by atoms with Crippen molar-refractivity contribution in [1.29, 1.82) is 0 Å². The normalized spacial score (nSPS) is 10.2. The van der Waals surface area contributed by atoms with E-state index in [0.717, 1.165) is 16.1 Å². The number of anilines is 1. The zero-order valence-electron chi connectivity index (χ0n) is 10.5. The Hall–Kier alpha value is -1.26. The molecule has 0 heterocycles. The smallest absolute Gasteiger partial charge is 0.256 e. The van der Waals surface area contributed by atoms with Crippen LogP contribution in [0.1, 0.15) is 15.9 Å². The van der Waals surface area contributed by atoms with Gasteiger partial charge in [0.25, 0.3) is 5.91 Å². The van der Waals surface area contributed by atoms with E-state index in [-0.39, 0.29) is 5.91 Å². The van der Waals surface area contributed by atoms with Crippen LogP contribution in [0.3, 0.4) is 0 Å². The molecule has 0 aliphatic rings. The maximum atomic E-state index is 12.3. The summed E-state index contributed by atoms with van der Waals surface area (Å²) in [5.41, 5.74) is 2.54. The Morgan fingerprint density at radius 1 is 1.16 bits per heavy atom. The lowest BCUT2D eigenvalue weighted by Gasteiger charge is -2.11. The molecule has 19 heavy (non-hydrogen) atoms. The zero-order chi connectivity index (χ0) is 13.7. The Morgan fingerprint density at radius 3 is 2.58 bits per heavy atom. The van der Waals surface area contributed by atoms with Crippen LogP contribution in [0, 0.1) is 0 Å². The molecule has 1 amide bonds. The second-order valence-corrected chi connectivity index (χ2v) is 5.35. The van der Waals surface area contributed by atoms with E-state index in [0.29, 0.717) is 10.9 Å². The minimum atomic E-state index is -0.0726. The Morgan fingerprint density at radius 2 is 1.84 bits per heavy atom.